The van der Waals surface area contributed by atoms with Crippen LogP contribution in [0.25, 0.3) is 11.0 Å². The summed E-state index contributed by atoms with van der Waals surface area (Å²) in [6.07, 6.45) is 1.65. The average Bonchev–Trinajstić information content (AvgIpc) is 2.46. The van der Waals surface area contributed by atoms with Crippen LogP contribution in [0.4, 0.5) is 5.82 Å². The lowest BCUT2D eigenvalue weighted by Crippen LogP contribution is -1.95. The van der Waals surface area contributed by atoms with E-state index in [0.717, 1.165) is 5.39 Å². The monoisotopic (exact) mass is 216 g/mol. The largest absolute Gasteiger partial charge is 0.372 e. The van der Waals surface area contributed by atoms with Gasteiger partial charge in [-0.05, 0) is 11.6 Å². The fraction of sp³-hybridized carbons (Fsp3) is 0.143. The Morgan fingerprint density at radius 2 is 2.15 bits per heavy atom. The molecule has 0 unspecified atom stereocenters. The van der Waals surface area contributed by atoms with Crippen molar-refractivity contribution in [3.05, 3.63) is 16.5 Å². The average molecular weight is 217 g/mol. The number of aromatic nitrogens is 3. The van der Waals surface area contributed by atoms with Gasteiger partial charge in [0.15, 0.2) is 0 Å². The van der Waals surface area contributed by atoms with Crippen LogP contribution in [0.15, 0.2) is 6.20 Å². The molecule has 2 aromatic heterocycles. The molecular weight excluding hydrogens is 211 g/mol. The normalized spacial score (nSPS) is 10.7. The van der Waals surface area contributed by atoms with Crippen LogP contribution in [0.3, 0.4) is 0 Å². The maximum atomic E-state index is 5.91. The van der Waals surface area contributed by atoms with E-state index in [4.69, 9.17) is 23.2 Å². The van der Waals surface area contributed by atoms with Crippen molar-refractivity contribution in [3.63, 3.8) is 0 Å². The third-order valence-corrected chi connectivity index (χ3v) is 2.16. The van der Waals surface area contributed by atoms with Gasteiger partial charge in [0.1, 0.15) is 11.5 Å². The Hall–Kier alpha value is -1.00. The van der Waals surface area contributed by atoms with Crippen molar-refractivity contribution in [1.29, 1.82) is 0 Å². The van der Waals surface area contributed by atoms with Gasteiger partial charge in [-0.25, -0.2) is 4.98 Å². The number of rotatable bonds is 1. The molecule has 0 aromatic carbocycles. The van der Waals surface area contributed by atoms with E-state index in [-0.39, 0.29) is 5.28 Å². The fourth-order valence-corrected chi connectivity index (χ4v) is 1.55. The summed E-state index contributed by atoms with van der Waals surface area (Å²) in [6, 6.07) is 0. The highest BCUT2D eigenvalue weighted by Crippen LogP contribution is 2.28. The molecule has 2 heterocycles. The molecule has 0 fully saturated rings. The van der Waals surface area contributed by atoms with Gasteiger partial charge in [-0.3, -0.25) is 0 Å². The van der Waals surface area contributed by atoms with Crippen LogP contribution in [0.1, 0.15) is 0 Å². The van der Waals surface area contributed by atoms with E-state index in [9.17, 15) is 0 Å². The minimum atomic E-state index is 0.190. The maximum absolute atomic E-state index is 5.91. The highest BCUT2D eigenvalue weighted by molar-refractivity contribution is 6.36. The lowest BCUT2D eigenvalue weighted by Gasteiger charge is -2.00. The smallest absolute Gasteiger partial charge is 0.226 e. The number of anilines is 1. The summed E-state index contributed by atoms with van der Waals surface area (Å²) in [5.41, 5.74) is 0.634. The molecule has 2 N–H and O–H groups in total. The van der Waals surface area contributed by atoms with Gasteiger partial charge in [-0.15, -0.1) is 0 Å². The standard InChI is InChI=1S/C7H6Cl2N4/c1-10-5-4-3(8)2-11-6(4)13-7(9)12-5/h2H,1H3,(H2,10,11,12,13). The molecule has 4 nitrogen and oxygen atoms in total. The summed E-state index contributed by atoms with van der Waals surface area (Å²) in [7, 11) is 1.75. The summed E-state index contributed by atoms with van der Waals surface area (Å²) in [5, 5.41) is 4.43. The highest BCUT2D eigenvalue weighted by atomic mass is 35.5. The van der Waals surface area contributed by atoms with Crippen molar-refractivity contribution in [2.75, 3.05) is 12.4 Å². The molecular formula is C7H6Cl2N4. The quantitative estimate of drug-likeness (QED) is 0.720. The first-order valence-electron chi connectivity index (χ1n) is 3.60. The van der Waals surface area contributed by atoms with Crippen LogP contribution in [-0.2, 0) is 0 Å². The summed E-state index contributed by atoms with van der Waals surface area (Å²) < 4.78 is 0. The van der Waals surface area contributed by atoms with E-state index < -0.39 is 0 Å². The third kappa shape index (κ3) is 1.32. The molecule has 2 aromatic rings. The molecule has 13 heavy (non-hydrogen) atoms. The van der Waals surface area contributed by atoms with Crippen LogP contribution in [-0.4, -0.2) is 22.0 Å². The Morgan fingerprint density at radius 3 is 2.85 bits per heavy atom. The van der Waals surface area contributed by atoms with E-state index in [0.29, 0.717) is 16.5 Å². The van der Waals surface area contributed by atoms with Gasteiger partial charge in [0.05, 0.1) is 10.4 Å². The van der Waals surface area contributed by atoms with E-state index in [2.05, 4.69) is 20.3 Å². The van der Waals surface area contributed by atoms with Gasteiger partial charge in [0.2, 0.25) is 5.28 Å². The zero-order chi connectivity index (χ0) is 9.42. The predicted octanol–water partition coefficient (Wildman–Crippen LogP) is 2.31. The van der Waals surface area contributed by atoms with E-state index >= 15 is 0 Å². The summed E-state index contributed by atoms with van der Waals surface area (Å²) in [4.78, 5) is 10.9. The third-order valence-electron chi connectivity index (χ3n) is 1.69. The van der Waals surface area contributed by atoms with Crippen LogP contribution in [0, 0.1) is 0 Å². The minimum absolute atomic E-state index is 0.190. The van der Waals surface area contributed by atoms with Crippen molar-refractivity contribution < 1.29 is 0 Å². The number of nitrogens with zero attached hydrogens (tertiary/aromatic N) is 2. The molecule has 0 aliphatic rings. The first-order valence-corrected chi connectivity index (χ1v) is 4.36. The number of fused-ring (bicyclic) bond motifs is 1. The molecule has 0 aliphatic heterocycles. The molecule has 0 amide bonds. The number of halogens is 2. The second-order valence-corrected chi connectivity index (χ2v) is 3.20. The molecule has 0 spiro atoms. The number of hydrogen-bond acceptors (Lipinski definition) is 3. The lowest BCUT2D eigenvalue weighted by molar-refractivity contribution is 1.19. The molecule has 2 rings (SSSR count). The summed E-state index contributed by atoms with van der Waals surface area (Å²) in [5.74, 6) is 0.626. The molecule has 0 saturated carbocycles. The zero-order valence-electron chi connectivity index (χ0n) is 6.73. The SMILES string of the molecule is CNc1nc(Cl)nc2[nH]cc(Cl)c12. The van der Waals surface area contributed by atoms with Crippen LogP contribution < -0.4 is 5.32 Å². The van der Waals surface area contributed by atoms with Gasteiger partial charge in [-0.1, -0.05) is 11.6 Å². The molecule has 0 aliphatic carbocycles. The van der Waals surface area contributed by atoms with Gasteiger partial charge < -0.3 is 10.3 Å². The Morgan fingerprint density at radius 1 is 1.38 bits per heavy atom. The van der Waals surface area contributed by atoms with Crippen LogP contribution in [0.2, 0.25) is 10.3 Å². The van der Waals surface area contributed by atoms with Crippen LogP contribution >= 0.6 is 23.2 Å². The molecule has 6 heteroatoms. The summed E-state index contributed by atoms with van der Waals surface area (Å²) in [6.45, 7) is 0. The van der Waals surface area contributed by atoms with Crippen LogP contribution in [0.5, 0.6) is 0 Å². The van der Waals surface area contributed by atoms with Crippen molar-refractivity contribution in [3.8, 4) is 0 Å². The number of H-pyrrole nitrogens is 1. The predicted molar refractivity (Wildman–Crippen MR) is 53.5 cm³/mol. The number of aromatic amines is 1. The van der Waals surface area contributed by atoms with Crippen molar-refractivity contribution in [2.45, 2.75) is 0 Å². The highest BCUT2D eigenvalue weighted by Gasteiger charge is 2.09. The lowest BCUT2D eigenvalue weighted by atomic mass is 10.4. The van der Waals surface area contributed by atoms with Gasteiger partial charge in [0, 0.05) is 13.2 Å². The second kappa shape index (κ2) is 3.05. The van der Waals surface area contributed by atoms with Gasteiger partial charge >= 0.3 is 0 Å². The summed E-state index contributed by atoms with van der Waals surface area (Å²) >= 11 is 11.6. The number of hydrogen-bond donors (Lipinski definition) is 2. The van der Waals surface area contributed by atoms with E-state index in [1.54, 1.807) is 13.2 Å². The van der Waals surface area contributed by atoms with E-state index in [1.165, 1.54) is 0 Å². The van der Waals surface area contributed by atoms with Gasteiger partial charge in [-0.2, -0.15) is 4.98 Å². The first-order chi connectivity index (χ1) is 6.22. The zero-order valence-corrected chi connectivity index (χ0v) is 8.24. The number of nitrogens with one attached hydrogen (secondary N) is 2. The fourth-order valence-electron chi connectivity index (χ4n) is 1.15. The van der Waals surface area contributed by atoms with Crippen molar-refractivity contribution in [1.82, 2.24) is 15.0 Å². The Bertz CT molecular complexity index is 451. The molecule has 0 radical (unpaired) electrons. The molecule has 0 atom stereocenters. The minimum Gasteiger partial charge on any atom is -0.372 e. The first kappa shape index (κ1) is 8.59. The maximum Gasteiger partial charge on any atom is 0.226 e. The Balaban J connectivity index is 2.85. The molecule has 0 saturated heterocycles. The Labute approximate surface area is 84.3 Å². The second-order valence-electron chi connectivity index (χ2n) is 2.45. The van der Waals surface area contributed by atoms with Crippen molar-refractivity contribution in [2.24, 2.45) is 0 Å². The molecule has 68 valence electrons. The van der Waals surface area contributed by atoms with Crippen molar-refractivity contribution >= 4 is 40.1 Å². The van der Waals surface area contributed by atoms with E-state index in [1.807, 2.05) is 0 Å². The molecule has 0 bridgehead atoms. The van der Waals surface area contributed by atoms with Gasteiger partial charge in [0.25, 0.3) is 0 Å². The Kier molecular flexibility index (Phi) is 2.01. The topological polar surface area (TPSA) is 53.6 Å².